The summed E-state index contributed by atoms with van der Waals surface area (Å²) in [5.74, 6) is 0.268. The molecule has 1 unspecified atom stereocenters. The van der Waals surface area contributed by atoms with E-state index < -0.39 is 5.60 Å². The van der Waals surface area contributed by atoms with E-state index in [1.165, 1.54) is 13.2 Å². The number of halogens is 1. The molecule has 0 bridgehead atoms. The van der Waals surface area contributed by atoms with E-state index in [2.05, 4.69) is 0 Å². The molecule has 5 heteroatoms. The Bertz CT molecular complexity index is 512. The largest absolute Gasteiger partial charge is 0.506 e. The average Bonchev–Trinajstić information content (AvgIpc) is 2.31. The molecule has 1 aliphatic rings. The number of hydrogen-bond donors (Lipinski definition) is 1. The van der Waals surface area contributed by atoms with Crippen LogP contribution in [-0.4, -0.2) is 23.6 Å². The topological polar surface area (TPSA) is 55.8 Å². The molecule has 2 rings (SSSR count). The lowest BCUT2D eigenvalue weighted by Gasteiger charge is -2.34. The number of benzene rings is 1. The van der Waals surface area contributed by atoms with Crippen LogP contribution in [0.3, 0.4) is 0 Å². The minimum atomic E-state index is -0.546. The Labute approximate surface area is 110 Å². The van der Waals surface area contributed by atoms with Gasteiger partial charge in [0, 0.05) is 6.07 Å². The van der Waals surface area contributed by atoms with Crippen molar-refractivity contribution in [3.05, 3.63) is 16.7 Å². The zero-order chi connectivity index (χ0) is 13.5. The van der Waals surface area contributed by atoms with Crippen LogP contribution in [0.5, 0.6) is 17.2 Å². The van der Waals surface area contributed by atoms with Crippen molar-refractivity contribution in [2.45, 2.75) is 32.3 Å². The molecule has 1 aromatic carbocycles. The first-order valence-electron chi connectivity index (χ1n) is 5.73. The van der Waals surface area contributed by atoms with Gasteiger partial charge in [-0.2, -0.15) is 0 Å². The van der Waals surface area contributed by atoms with Crippen molar-refractivity contribution in [1.29, 1.82) is 0 Å². The molecule has 1 aliphatic heterocycles. The molecule has 4 nitrogen and oxygen atoms in total. The van der Waals surface area contributed by atoms with Gasteiger partial charge in [0.2, 0.25) is 0 Å². The smallest absolute Gasteiger partial charge is 0.174 e. The third-order valence-corrected chi connectivity index (χ3v) is 3.65. The molecule has 0 saturated carbocycles. The van der Waals surface area contributed by atoms with Crippen LogP contribution in [0.15, 0.2) is 6.07 Å². The van der Waals surface area contributed by atoms with Crippen LogP contribution in [0, 0.1) is 0 Å². The molecule has 18 heavy (non-hydrogen) atoms. The number of carbonyl (C=O) groups excluding carboxylic acids is 1. The van der Waals surface area contributed by atoms with Gasteiger partial charge in [-0.1, -0.05) is 18.5 Å². The summed E-state index contributed by atoms with van der Waals surface area (Å²) in [6, 6.07) is 1.37. The van der Waals surface area contributed by atoms with Crippen molar-refractivity contribution in [2.75, 3.05) is 7.11 Å². The van der Waals surface area contributed by atoms with Gasteiger partial charge >= 0.3 is 0 Å². The van der Waals surface area contributed by atoms with Crippen molar-refractivity contribution in [1.82, 2.24) is 0 Å². The van der Waals surface area contributed by atoms with Crippen molar-refractivity contribution >= 4 is 17.4 Å². The van der Waals surface area contributed by atoms with Crippen LogP contribution in [-0.2, 0) is 0 Å². The lowest BCUT2D eigenvalue weighted by atomic mass is 9.89. The minimum absolute atomic E-state index is 0.0355. The van der Waals surface area contributed by atoms with Crippen LogP contribution in [0.2, 0.25) is 5.02 Å². The summed E-state index contributed by atoms with van der Waals surface area (Å²) in [7, 11) is 1.40. The maximum absolute atomic E-state index is 12.2. The highest BCUT2D eigenvalue weighted by Crippen LogP contribution is 2.46. The molecule has 0 spiro atoms. The van der Waals surface area contributed by atoms with Crippen LogP contribution in [0.25, 0.3) is 0 Å². The van der Waals surface area contributed by atoms with Crippen molar-refractivity contribution in [3.63, 3.8) is 0 Å². The number of carbonyl (C=O) groups is 1. The second-order valence-corrected chi connectivity index (χ2v) is 5.00. The Balaban J connectivity index is 2.63. The van der Waals surface area contributed by atoms with E-state index in [9.17, 15) is 9.90 Å². The number of Topliss-reactive ketones (excluding diaryl/α,β-unsaturated/α-hetero) is 1. The molecular weight excluding hydrogens is 256 g/mol. The Kier molecular flexibility index (Phi) is 3.15. The van der Waals surface area contributed by atoms with Crippen molar-refractivity contribution < 1.29 is 19.4 Å². The molecule has 1 aromatic rings. The van der Waals surface area contributed by atoms with Crippen LogP contribution in [0.4, 0.5) is 0 Å². The summed E-state index contributed by atoms with van der Waals surface area (Å²) in [4.78, 5) is 12.2. The van der Waals surface area contributed by atoms with E-state index in [4.69, 9.17) is 21.1 Å². The molecule has 0 aromatic heterocycles. The van der Waals surface area contributed by atoms with E-state index >= 15 is 0 Å². The summed E-state index contributed by atoms with van der Waals surface area (Å²) in [5.41, 5.74) is -0.235. The number of fused-ring (bicyclic) bond motifs is 1. The minimum Gasteiger partial charge on any atom is -0.506 e. The highest BCUT2D eigenvalue weighted by atomic mass is 35.5. The van der Waals surface area contributed by atoms with Gasteiger partial charge in [-0.15, -0.1) is 0 Å². The quantitative estimate of drug-likeness (QED) is 0.897. The lowest BCUT2D eigenvalue weighted by molar-refractivity contribution is 0.0492. The van der Waals surface area contributed by atoms with Crippen LogP contribution in [0.1, 0.15) is 37.0 Å². The Morgan fingerprint density at radius 3 is 2.83 bits per heavy atom. The second kappa shape index (κ2) is 4.35. The standard InChI is InChI=1S/C13H15ClO4/c1-4-13(2)6-8(16)10-9(18-13)5-7(15)11(14)12(10)17-3/h5,15H,4,6H2,1-3H3. The van der Waals surface area contributed by atoms with Gasteiger partial charge in [0.1, 0.15) is 27.7 Å². The number of rotatable bonds is 2. The van der Waals surface area contributed by atoms with Gasteiger partial charge in [-0.25, -0.2) is 0 Å². The van der Waals surface area contributed by atoms with E-state index in [1.54, 1.807) is 0 Å². The number of aromatic hydroxyl groups is 1. The van der Waals surface area contributed by atoms with Crippen molar-refractivity contribution in [3.8, 4) is 17.2 Å². The van der Waals surface area contributed by atoms with Crippen LogP contribution >= 0.6 is 11.6 Å². The highest BCUT2D eigenvalue weighted by Gasteiger charge is 2.38. The van der Waals surface area contributed by atoms with Gasteiger partial charge in [0.05, 0.1) is 13.5 Å². The first-order valence-corrected chi connectivity index (χ1v) is 6.11. The van der Waals surface area contributed by atoms with E-state index in [0.717, 1.165) is 0 Å². The number of ether oxygens (including phenoxy) is 2. The molecule has 1 N–H and O–H groups in total. The van der Waals surface area contributed by atoms with E-state index in [0.29, 0.717) is 17.7 Å². The molecular formula is C13H15ClO4. The van der Waals surface area contributed by atoms with Gasteiger partial charge in [-0.3, -0.25) is 4.79 Å². The first-order chi connectivity index (χ1) is 8.41. The average molecular weight is 271 g/mol. The Morgan fingerprint density at radius 1 is 1.61 bits per heavy atom. The predicted molar refractivity (Wildman–Crippen MR) is 67.9 cm³/mol. The molecule has 0 fully saturated rings. The summed E-state index contributed by atoms with van der Waals surface area (Å²) in [6.07, 6.45) is 0.970. The monoisotopic (exact) mass is 270 g/mol. The summed E-state index contributed by atoms with van der Waals surface area (Å²) in [6.45, 7) is 3.82. The lowest BCUT2D eigenvalue weighted by Crippen LogP contribution is -2.38. The zero-order valence-electron chi connectivity index (χ0n) is 10.5. The van der Waals surface area contributed by atoms with E-state index in [1.807, 2.05) is 13.8 Å². The zero-order valence-corrected chi connectivity index (χ0v) is 11.3. The molecule has 0 radical (unpaired) electrons. The Hall–Kier alpha value is -1.42. The maximum Gasteiger partial charge on any atom is 0.174 e. The maximum atomic E-state index is 12.2. The summed E-state index contributed by atoms with van der Waals surface area (Å²) < 4.78 is 10.9. The fourth-order valence-corrected chi connectivity index (χ4v) is 2.29. The van der Waals surface area contributed by atoms with Gasteiger partial charge in [-0.05, 0) is 13.3 Å². The molecule has 1 atom stereocenters. The molecule has 98 valence electrons. The van der Waals surface area contributed by atoms with Gasteiger partial charge in [0.15, 0.2) is 11.5 Å². The number of phenols is 1. The fourth-order valence-electron chi connectivity index (χ4n) is 2.06. The number of ketones is 1. The third-order valence-electron chi connectivity index (χ3n) is 3.29. The Morgan fingerprint density at radius 2 is 2.28 bits per heavy atom. The number of methoxy groups -OCH3 is 1. The highest BCUT2D eigenvalue weighted by molar-refractivity contribution is 6.34. The van der Waals surface area contributed by atoms with E-state index in [-0.39, 0.29) is 28.7 Å². The van der Waals surface area contributed by atoms with Gasteiger partial charge < -0.3 is 14.6 Å². The second-order valence-electron chi connectivity index (χ2n) is 4.62. The normalized spacial score (nSPS) is 22.3. The first kappa shape index (κ1) is 13.0. The van der Waals surface area contributed by atoms with Gasteiger partial charge in [0.25, 0.3) is 0 Å². The molecule has 0 saturated heterocycles. The number of phenolic OH excluding ortho intramolecular Hbond substituents is 1. The third kappa shape index (κ3) is 1.90. The molecule has 0 aliphatic carbocycles. The SMILES string of the molecule is CCC1(C)CC(=O)c2c(cc(O)c(Cl)c2OC)O1. The number of hydrogen-bond acceptors (Lipinski definition) is 4. The molecule has 1 heterocycles. The fraction of sp³-hybridized carbons (Fsp3) is 0.462. The predicted octanol–water partition coefficient (Wildman–Crippen LogP) is 3.19. The molecule has 0 amide bonds. The summed E-state index contributed by atoms with van der Waals surface area (Å²) in [5, 5.41) is 9.75. The van der Waals surface area contributed by atoms with Crippen LogP contribution < -0.4 is 9.47 Å². The summed E-state index contributed by atoms with van der Waals surface area (Å²) >= 11 is 5.92. The van der Waals surface area contributed by atoms with Crippen molar-refractivity contribution in [2.24, 2.45) is 0 Å².